The molecule has 0 saturated carbocycles. The Bertz CT molecular complexity index is 765. The maximum absolute atomic E-state index is 12.6. The number of carbonyl (C=O) groups excluding carboxylic acids is 1. The van der Waals surface area contributed by atoms with Crippen LogP contribution in [-0.2, 0) is 16.0 Å². The minimum Gasteiger partial charge on any atom is -0.496 e. The van der Waals surface area contributed by atoms with Gasteiger partial charge in [-0.15, -0.1) is 0 Å². The van der Waals surface area contributed by atoms with Crippen LogP contribution >= 0.6 is 0 Å². The van der Waals surface area contributed by atoms with E-state index >= 15 is 0 Å². The summed E-state index contributed by atoms with van der Waals surface area (Å²) in [5.74, 6) is -0.189. The molecule has 0 bridgehead atoms. The van der Waals surface area contributed by atoms with Crippen LogP contribution in [0.2, 0.25) is 0 Å². The number of amides is 1. The molecule has 2 N–H and O–H groups in total. The average Bonchev–Trinajstić information content (AvgIpc) is 2.61. The molecule has 1 unspecified atom stereocenters. The second-order valence-corrected chi connectivity index (χ2v) is 5.89. The van der Waals surface area contributed by atoms with Gasteiger partial charge in [0.1, 0.15) is 11.5 Å². The van der Waals surface area contributed by atoms with E-state index in [2.05, 4.69) is 5.32 Å². The van der Waals surface area contributed by atoms with E-state index < -0.39 is 12.0 Å². The van der Waals surface area contributed by atoms with E-state index in [-0.39, 0.29) is 18.7 Å². The minimum absolute atomic E-state index is 0.0230. The van der Waals surface area contributed by atoms with Crippen molar-refractivity contribution >= 4 is 11.9 Å². The van der Waals surface area contributed by atoms with Gasteiger partial charge in [-0.1, -0.05) is 30.3 Å². The monoisotopic (exact) mass is 357 g/mol. The number of hydrogen-bond donors (Lipinski definition) is 2. The van der Waals surface area contributed by atoms with E-state index in [9.17, 15) is 14.7 Å². The summed E-state index contributed by atoms with van der Waals surface area (Å²) in [5, 5.41) is 12.0. The van der Waals surface area contributed by atoms with Crippen molar-refractivity contribution in [2.45, 2.75) is 25.8 Å². The second-order valence-electron chi connectivity index (χ2n) is 5.89. The van der Waals surface area contributed by atoms with Gasteiger partial charge < -0.3 is 19.9 Å². The molecule has 1 atom stereocenters. The van der Waals surface area contributed by atoms with Gasteiger partial charge in [-0.3, -0.25) is 9.59 Å². The zero-order chi connectivity index (χ0) is 19.1. The molecule has 0 aliphatic heterocycles. The summed E-state index contributed by atoms with van der Waals surface area (Å²) >= 11 is 0. The van der Waals surface area contributed by atoms with Crippen molar-refractivity contribution in [2.24, 2.45) is 0 Å². The number of benzene rings is 2. The average molecular weight is 357 g/mol. The first-order valence-corrected chi connectivity index (χ1v) is 8.22. The molecule has 0 heterocycles. The Labute approximate surface area is 152 Å². The van der Waals surface area contributed by atoms with Crippen LogP contribution in [0.5, 0.6) is 11.5 Å². The Morgan fingerprint density at radius 2 is 1.65 bits per heavy atom. The van der Waals surface area contributed by atoms with Gasteiger partial charge in [-0.05, 0) is 30.2 Å². The molecule has 0 radical (unpaired) electrons. The van der Waals surface area contributed by atoms with Gasteiger partial charge in [-0.25, -0.2) is 0 Å². The number of nitrogens with one attached hydrogen (secondary N) is 1. The normalized spacial score (nSPS) is 11.5. The Morgan fingerprint density at radius 3 is 2.19 bits per heavy atom. The summed E-state index contributed by atoms with van der Waals surface area (Å²) in [4.78, 5) is 23.9. The van der Waals surface area contributed by atoms with E-state index in [0.717, 1.165) is 11.1 Å². The number of aliphatic carboxylic acids is 1. The Hall–Kier alpha value is -3.02. The maximum Gasteiger partial charge on any atom is 0.305 e. The van der Waals surface area contributed by atoms with Crippen molar-refractivity contribution in [2.75, 3.05) is 14.2 Å². The first-order chi connectivity index (χ1) is 12.5. The fourth-order valence-electron chi connectivity index (χ4n) is 2.90. The predicted octanol–water partition coefficient (Wildman–Crippen LogP) is 2.89. The van der Waals surface area contributed by atoms with Crippen molar-refractivity contribution < 1.29 is 24.2 Å². The van der Waals surface area contributed by atoms with Gasteiger partial charge in [-0.2, -0.15) is 0 Å². The summed E-state index contributed by atoms with van der Waals surface area (Å²) < 4.78 is 10.6. The number of ether oxygens (including phenoxy) is 2. The number of carboxylic acids is 1. The van der Waals surface area contributed by atoms with E-state index in [1.165, 1.54) is 14.2 Å². The van der Waals surface area contributed by atoms with Crippen molar-refractivity contribution in [1.29, 1.82) is 0 Å². The van der Waals surface area contributed by atoms with Crippen LogP contribution in [0.15, 0.2) is 42.5 Å². The smallest absolute Gasteiger partial charge is 0.305 e. The van der Waals surface area contributed by atoms with Crippen molar-refractivity contribution in [3.8, 4) is 11.5 Å². The van der Waals surface area contributed by atoms with Gasteiger partial charge in [0.05, 0.1) is 33.1 Å². The van der Waals surface area contributed by atoms with E-state index in [1.807, 2.05) is 31.2 Å². The number of aryl methyl sites for hydroxylation is 1. The molecule has 1 amide bonds. The summed E-state index contributed by atoms with van der Waals surface area (Å²) in [6.07, 6.45) is -0.172. The lowest BCUT2D eigenvalue weighted by atomic mass is 9.98. The highest BCUT2D eigenvalue weighted by molar-refractivity contribution is 5.81. The first kappa shape index (κ1) is 19.3. The van der Waals surface area contributed by atoms with Gasteiger partial charge in [0.25, 0.3) is 0 Å². The number of hydrogen-bond acceptors (Lipinski definition) is 4. The molecule has 26 heavy (non-hydrogen) atoms. The molecule has 0 saturated heterocycles. The fourth-order valence-corrected chi connectivity index (χ4v) is 2.90. The lowest BCUT2D eigenvalue weighted by molar-refractivity contribution is -0.137. The zero-order valence-electron chi connectivity index (χ0n) is 15.1. The van der Waals surface area contributed by atoms with Gasteiger partial charge >= 0.3 is 5.97 Å². The number of rotatable bonds is 8. The Kier molecular flexibility index (Phi) is 6.60. The molecule has 0 aliphatic carbocycles. The summed E-state index contributed by atoms with van der Waals surface area (Å²) in [7, 11) is 3.05. The Balaban J connectivity index is 2.23. The molecule has 2 aromatic rings. The second kappa shape index (κ2) is 8.89. The molecule has 6 nitrogen and oxygen atoms in total. The molecule has 0 fully saturated rings. The van der Waals surface area contributed by atoms with Crippen molar-refractivity contribution in [3.05, 3.63) is 59.2 Å². The van der Waals surface area contributed by atoms with Crippen LogP contribution in [0.4, 0.5) is 0 Å². The molecule has 138 valence electrons. The standard InChI is InChI=1S/C20H23NO5/c1-13-7-4-5-8-14(13)16(12-20(23)24)21-19(22)11-15-17(25-2)9-6-10-18(15)26-3/h4-10,16H,11-12H2,1-3H3,(H,21,22)(H,23,24). The highest BCUT2D eigenvalue weighted by Crippen LogP contribution is 2.29. The van der Waals surface area contributed by atoms with Crippen LogP contribution in [0.25, 0.3) is 0 Å². The van der Waals surface area contributed by atoms with Crippen LogP contribution in [0, 0.1) is 6.92 Å². The third-order valence-corrected chi connectivity index (χ3v) is 4.15. The third kappa shape index (κ3) is 4.75. The molecule has 0 aromatic heterocycles. The number of carbonyl (C=O) groups is 2. The van der Waals surface area contributed by atoms with E-state index in [1.54, 1.807) is 18.2 Å². The molecular weight excluding hydrogens is 334 g/mol. The Morgan fingerprint density at radius 1 is 1.04 bits per heavy atom. The van der Waals surface area contributed by atoms with Crippen LogP contribution in [-0.4, -0.2) is 31.2 Å². The quantitative estimate of drug-likeness (QED) is 0.759. The molecule has 0 aliphatic rings. The summed E-state index contributed by atoms with van der Waals surface area (Å²) in [6, 6.07) is 12.1. The van der Waals surface area contributed by atoms with Crippen molar-refractivity contribution in [1.82, 2.24) is 5.32 Å². The molecule has 6 heteroatoms. The molecule has 2 rings (SSSR count). The zero-order valence-corrected chi connectivity index (χ0v) is 15.1. The van der Waals surface area contributed by atoms with E-state index in [4.69, 9.17) is 9.47 Å². The molecule has 0 spiro atoms. The van der Waals surface area contributed by atoms with Gasteiger partial charge in [0.15, 0.2) is 0 Å². The lowest BCUT2D eigenvalue weighted by Gasteiger charge is -2.20. The number of methoxy groups -OCH3 is 2. The largest absolute Gasteiger partial charge is 0.496 e. The van der Waals surface area contributed by atoms with Crippen LogP contribution in [0.1, 0.15) is 29.2 Å². The van der Waals surface area contributed by atoms with Crippen LogP contribution < -0.4 is 14.8 Å². The van der Waals surface area contributed by atoms with Gasteiger partial charge in [0, 0.05) is 5.56 Å². The fraction of sp³-hybridized carbons (Fsp3) is 0.300. The van der Waals surface area contributed by atoms with E-state index in [0.29, 0.717) is 17.1 Å². The van der Waals surface area contributed by atoms with Crippen LogP contribution in [0.3, 0.4) is 0 Å². The number of carboxylic acid groups (broad SMARTS) is 1. The highest BCUT2D eigenvalue weighted by Gasteiger charge is 2.21. The minimum atomic E-state index is -0.978. The summed E-state index contributed by atoms with van der Waals surface area (Å²) in [6.45, 7) is 1.89. The summed E-state index contributed by atoms with van der Waals surface area (Å²) in [5.41, 5.74) is 2.33. The SMILES string of the molecule is COc1cccc(OC)c1CC(=O)NC(CC(=O)O)c1ccccc1C. The first-order valence-electron chi connectivity index (χ1n) is 8.22. The van der Waals surface area contributed by atoms with Gasteiger partial charge in [0.2, 0.25) is 5.91 Å². The molecule has 2 aromatic carbocycles. The third-order valence-electron chi connectivity index (χ3n) is 4.15. The molecular formula is C20H23NO5. The maximum atomic E-state index is 12.6. The lowest BCUT2D eigenvalue weighted by Crippen LogP contribution is -2.32. The topological polar surface area (TPSA) is 84.9 Å². The highest BCUT2D eigenvalue weighted by atomic mass is 16.5. The predicted molar refractivity (Wildman–Crippen MR) is 97.6 cm³/mol. The van der Waals surface area contributed by atoms with Crippen molar-refractivity contribution in [3.63, 3.8) is 0 Å².